The minimum atomic E-state index is -0.739. The molecule has 0 saturated carbocycles. The highest BCUT2D eigenvalue weighted by molar-refractivity contribution is 6.31. The highest BCUT2D eigenvalue weighted by Crippen LogP contribution is 2.32. The molecule has 2 heterocycles. The van der Waals surface area contributed by atoms with E-state index in [2.05, 4.69) is 11.4 Å². The number of likely N-dealkylation sites (tertiary alicyclic amines) is 1. The number of halogens is 2. The third-order valence-corrected chi connectivity index (χ3v) is 4.85. The molecule has 2 aliphatic heterocycles. The van der Waals surface area contributed by atoms with Crippen LogP contribution in [0.15, 0.2) is 18.2 Å². The van der Waals surface area contributed by atoms with Crippen LogP contribution in [0.25, 0.3) is 0 Å². The fourth-order valence-corrected chi connectivity index (χ4v) is 3.67. The number of carbonyl (C=O) groups excluding carboxylic acids is 1. The number of nitriles is 1. The van der Waals surface area contributed by atoms with Crippen molar-refractivity contribution < 1.29 is 9.18 Å². The zero-order valence-corrected chi connectivity index (χ0v) is 13.4. The minimum Gasteiger partial charge on any atom is -0.336 e. The zero-order chi connectivity index (χ0) is 16.4. The maximum atomic E-state index is 14.2. The van der Waals surface area contributed by atoms with Gasteiger partial charge in [-0.1, -0.05) is 17.7 Å². The van der Waals surface area contributed by atoms with Crippen LogP contribution in [0.4, 0.5) is 9.18 Å². The van der Waals surface area contributed by atoms with E-state index >= 15 is 0 Å². The van der Waals surface area contributed by atoms with Crippen LogP contribution < -0.4 is 5.32 Å². The molecule has 2 atom stereocenters. The van der Waals surface area contributed by atoms with Crippen molar-refractivity contribution in [3.05, 3.63) is 34.6 Å². The summed E-state index contributed by atoms with van der Waals surface area (Å²) in [5.41, 5.74) is 0.225. The van der Waals surface area contributed by atoms with Gasteiger partial charge in [0.05, 0.1) is 6.07 Å². The Labute approximate surface area is 139 Å². The molecule has 2 amide bonds. The molecule has 7 heteroatoms. The first kappa shape index (κ1) is 16.0. The van der Waals surface area contributed by atoms with E-state index in [0.29, 0.717) is 26.2 Å². The summed E-state index contributed by atoms with van der Waals surface area (Å²) in [7, 11) is 0. The number of hydrogen-bond acceptors (Lipinski definition) is 3. The van der Waals surface area contributed by atoms with Crippen LogP contribution in [0.5, 0.6) is 0 Å². The molecule has 2 saturated heterocycles. The van der Waals surface area contributed by atoms with Crippen LogP contribution in [0, 0.1) is 17.1 Å². The van der Waals surface area contributed by atoms with Crippen LogP contribution in [0.3, 0.4) is 0 Å². The third kappa shape index (κ3) is 3.12. The summed E-state index contributed by atoms with van der Waals surface area (Å²) in [6, 6.07) is 5.87. The Morgan fingerprint density at radius 1 is 1.43 bits per heavy atom. The van der Waals surface area contributed by atoms with Gasteiger partial charge in [0.2, 0.25) is 0 Å². The molecule has 2 fully saturated rings. The van der Waals surface area contributed by atoms with Gasteiger partial charge in [-0.05, 0) is 31.5 Å². The summed E-state index contributed by atoms with van der Waals surface area (Å²) < 4.78 is 14.2. The van der Waals surface area contributed by atoms with Gasteiger partial charge in [-0.3, -0.25) is 4.90 Å². The minimum absolute atomic E-state index is 0.0487. The van der Waals surface area contributed by atoms with Gasteiger partial charge >= 0.3 is 6.03 Å². The van der Waals surface area contributed by atoms with Gasteiger partial charge in [-0.25, -0.2) is 9.18 Å². The van der Waals surface area contributed by atoms with Crippen molar-refractivity contribution in [3.63, 3.8) is 0 Å². The molecular weight excluding hydrogens is 319 g/mol. The first-order valence-corrected chi connectivity index (χ1v) is 8.11. The molecule has 2 unspecified atom stereocenters. The van der Waals surface area contributed by atoms with E-state index in [9.17, 15) is 14.4 Å². The molecule has 0 spiro atoms. The Balaban J connectivity index is 1.82. The molecule has 1 aromatic carbocycles. The lowest BCUT2D eigenvalue weighted by atomic mass is 9.99. The Morgan fingerprint density at radius 3 is 2.91 bits per heavy atom. The lowest BCUT2D eigenvalue weighted by molar-refractivity contribution is 0.110. The molecule has 1 N–H and O–H groups in total. The Kier molecular flexibility index (Phi) is 4.69. The number of hydrogen-bond donors (Lipinski definition) is 1. The average molecular weight is 337 g/mol. The fraction of sp³-hybridized carbons (Fsp3) is 0.500. The second kappa shape index (κ2) is 6.73. The second-order valence-corrected chi connectivity index (χ2v) is 6.29. The monoisotopic (exact) mass is 336 g/mol. The maximum Gasteiger partial charge on any atom is 0.317 e. The molecule has 5 nitrogen and oxygen atoms in total. The van der Waals surface area contributed by atoms with Gasteiger partial charge in [-0.15, -0.1) is 0 Å². The number of nitrogens with zero attached hydrogens (tertiary/aromatic N) is 3. The van der Waals surface area contributed by atoms with Crippen molar-refractivity contribution >= 4 is 17.6 Å². The summed E-state index contributed by atoms with van der Waals surface area (Å²) in [6.07, 6.45) is 1.76. The largest absolute Gasteiger partial charge is 0.336 e. The zero-order valence-electron chi connectivity index (χ0n) is 12.6. The molecule has 122 valence electrons. The standard InChI is InChI=1S/C16H18ClFN4O/c17-12-4-1-5-13(18)15(12)14(9-19)21-7-2-3-11(10-21)22-8-6-20-16(22)23/h1,4-5,11,14H,2-3,6-8,10H2,(H,20,23). The van der Waals surface area contributed by atoms with Gasteiger partial charge in [0, 0.05) is 36.3 Å². The van der Waals surface area contributed by atoms with E-state index in [1.165, 1.54) is 12.1 Å². The SMILES string of the molecule is N#CC(c1c(F)cccc1Cl)N1CCCC(N2CCNC2=O)C1. The van der Waals surface area contributed by atoms with E-state index in [1.807, 2.05) is 9.80 Å². The van der Waals surface area contributed by atoms with Crippen molar-refractivity contribution in [2.24, 2.45) is 0 Å². The van der Waals surface area contributed by atoms with E-state index in [4.69, 9.17) is 11.6 Å². The second-order valence-electron chi connectivity index (χ2n) is 5.88. The number of carbonyl (C=O) groups is 1. The smallest absolute Gasteiger partial charge is 0.317 e. The predicted octanol–water partition coefficient (Wildman–Crippen LogP) is 2.53. The highest BCUT2D eigenvalue weighted by atomic mass is 35.5. The van der Waals surface area contributed by atoms with Crippen LogP contribution in [0.2, 0.25) is 5.02 Å². The summed E-state index contributed by atoms with van der Waals surface area (Å²) in [5, 5.41) is 12.6. The topological polar surface area (TPSA) is 59.4 Å². The average Bonchev–Trinajstić information content (AvgIpc) is 2.97. The fourth-order valence-electron chi connectivity index (χ4n) is 3.41. The molecule has 0 aliphatic carbocycles. The Bertz CT molecular complexity index is 627. The van der Waals surface area contributed by atoms with Crippen LogP contribution in [0.1, 0.15) is 24.4 Å². The lowest BCUT2D eigenvalue weighted by Crippen LogP contribution is -2.49. The van der Waals surface area contributed by atoms with Gasteiger partial charge in [-0.2, -0.15) is 5.26 Å². The molecule has 1 aromatic rings. The molecule has 0 radical (unpaired) electrons. The predicted molar refractivity (Wildman–Crippen MR) is 84.5 cm³/mol. The number of amides is 2. The molecule has 0 bridgehead atoms. The lowest BCUT2D eigenvalue weighted by Gasteiger charge is -2.39. The van der Waals surface area contributed by atoms with Crippen LogP contribution in [-0.4, -0.2) is 48.1 Å². The quantitative estimate of drug-likeness (QED) is 0.922. The van der Waals surface area contributed by atoms with Crippen molar-refractivity contribution in [2.75, 3.05) is 26.2 Å². The third-order valence-electron chi connectivity index (χ3n) is 4.52. The van der Waals surface area contributed by atoms with Crippen molar-refractivity contribution in [1.82, 2.24) is 15.1 Å². The molecule has 0 aromatic heterocycles. The molecule has 23 heavy (non-hydrogen) atoms. The number of rotatable bonds is 3. The first-order valence-electron chi connectivity index (χ1n) is 7.74. The van der Waals surface area contributed by atoms with E-state index in [0.717, 1.165) is 12.8 Å². The summed E-state index contributed by atoms with van der Waals surface area (Å²) in [5.74, 6) is -0.468. The number of piperidine rings is 1. The highest BCUT2D eigenvalue weighted by Gasteiger charge is 2.35. The number of nitrogens with one attached hydrogen (secondary N) is 1. The maximum absolute atomic E-state index is 14.2. The van der Waals surface area contributed by atoms with E-state index in [-0.39, 0.29) is 22.7 Å². The first-order chi connectivity index (χ1) is 11.1. The summed E-state index contributed by atoms with van der Waals surface area (Å²) in [6.45, 7) is 2.57. The van der Waals surface area contributed by atoms with Gasteiger partial charge in [0.15, 0.2) is 0 Å². The van der Waals surface area contributed by atoms with Crippen molar-refractivity contribution in [1.29, 1.82) is 5.26 Å². The van der Waals surface area contributed by atoms with Gasteiger partial charge in [0.25, 0.3) is 0 Å². The van der Waals surface area contributed by atoms with Gasteiger partial charge < -0.3 is 10.2 Å². The van der Waals surface area contributed by atoms with Crippen molar-refractivity contribution in [2.45, 2.75) is 24.9 Å². The van der Waals surface area contributed by atoms with E-state index < -0.39 is 11.9 Å². The van der Waals surface area contributed by atoms with Crippen LogP contribution >= 0.6 is 11.6 Å². The molecule has 3 rings (SSSR count). The van der Waals surface area contributed by atoms with Gasteiger partial charge in [0.1, 0.15) is 11.9 Å². The number of benzene rings is 1. The van der Waals surface area contributed by atoms with Crippen molar-refractivity contribution in [3.8, 4) is 6.07 Å². The molecular formula is C16H18ClFN4O. The van der Waals surface area contributed by atoms with E-state index in [1.54, 1.807) is 6.07 Å². The summed E-state index contributed by atoms with van der Waals surface area (Å²) >= 11 is 6.12. The number of urea groups is 1. The molecule has 2 aliphatic rings. The normalized spacial score (nSPS) is 23.4. The Hall–Kier alpha value is -1.84. The van der Waals surface area contributed by atoms with Crippen LogP contribution in [-0.2, 0) is 0 Å². The Morgan fingerprint density at radius 2 is 2.26 bits per heavy atom. The summed E-state index contributed by atoms with van der Waals surface area (Å²) in [4.78, 5) is 15.6.